The van der Waals surface area contributed by atoms with E-state index < -0.39 is 10.0 Å². The van der Waals surface area contributed by atoms with E-state index in [1.54, 1.807) is 13.8 Å². The number of aromatic nitrogens is 1. The van der Waals surface area contributed by atoms with Gasteiger partial charge in [-0.1, -0.05) is 18.5 Å². The normalized spacial score (nSPS) is 24.1. The molecular formula is C20H34N4O5S. The van der Waals surface area contributed by atoms with Gasteiger partial charge in [-0.2, -0.15) is 4.31 Å². The van der Waals surface area contributed by atoms with Crippen LogP contribution in [-0.4, -0.2) is 81.2 Å². The predicted molar refractivity (Wildman–Crippen MR) is 112 cm³/mol. The molecule has 170 valence electrons. The minimum absolute atomic E-state index is 0.0498. The molecule has 0 spiro atoms. The Morgan fingerprint density at radius 2 is 1.93 bits per heavy atom. The van der Waals surface area contributed by atoms with Crippen LogP contribution in [-0.2, 0) is 19.6 Å². The van der Waals surface area contributed by atoms with Gasteiger partial charge in [0.15, 0.2) is 5.76 Å². The molecule has 10 heteroatoms. The zero-order valence-electron chi connectivity index (χ0n) is 18.2. The van der Waals surface area contributed by atoms with Crippen LogP contribution in [0.2, 0.25) is 0 Å². The summed E-state index contributed by atoms with van der Waals surface area (Å²) in [5, 5.41) is 6.82. The van der Waals surface area contributed by atoms with E-state index in [1.165, 1.54) is 4.31 Å². The quantitative estimate of drug-likeness (QED) is 0.644. The number of aryl methyl sites for hydroxylation is 2. The lowest BCUT2D eigenvalue weighted by Gasteiger charge is -2.37. The number of rotatable bonds is 8. The highest BCUT2D eigenvalue weighted by Crippen LogP contribution is 2.33. The molecule has 2 saturated heterocycles. The van der Waals surface area contributed by atoms with Crippen LogP contribution in [0.4, 0.5) is 0 Å². The fraction of sp³-hybridized carbons (Fsp3) is 0.800. The molecule has 3 rings (SSSR count). The van der Waals surface area contributed by atoms with Gasteiger partial charge in [0.05, 0.1) is 13.2 Å². The largest absolute Gasteiger partial charge is 0.379 e. The van der Waals surface area contributed by atoms with Crippen LogP contribution in [0.15, 0.2) is 9.42 Å². The fourth-order valence-corrected chi connectivity index (χ4v) is 6.26. The van der Waals surface area contributed by atoms with Gasteiger partial charge in [0.25, 0.3) is 0 Å². The standard InChI is InChI=1S/C20H34N4O5S/c1-4-17-14-24(30(26,27)20-15(2)22-29-16(20)3)7-5-18(17)13-19(25)21-6-8-23-9-11-28-12-10-23/h17-18H,4-14H2,1-3H3,(H,21,25)/t17-,18+/m1/s1. The predicted octanol–water partition coefficient (Wildman–Crippen LogP) is 1.17. The SMILES string of the molecule is CC[C@@H]1CN(S(=O)(=O)c2c(C)noc2C)CC[C@H]1CC(=O)NCCN1CCOCC1. The first kappa shape index (κ1) is 23.2. The maximum absolute atomic E-state index is 13.1. The Bertz CT molecular complexity index is 800. The summed E-state index contributed by atoms with van der Waals surface area (Å²) in [6.07, 6.45) is 1.96. The van der Waals surface area contributed by atoms with E-state index in [4.69, 9.17) is 9.26 Å². The maximum atomic E-state index is 13.1. The van der Waals surface area contributed by atoms with Gasteiger partial charge in [-0.05, 0) is 32.1 Å². The number of carbonyl (C=O) groups is 1. The third kappa shape index (κ3) is 5.40. The van der Waals surface area contributed by atoms with Crippen LogP contribution in [0.5, 0.6) is 0 Å². The molecule has 1 aromatic heterocycles. The summed E-state index contributed by atoms with van der Waals surface area (Å²) in [6.45, 7) is 11.0. The number of carbonyl (C=O) groups excluding carboxylic acids is 1. The highest BCUT2D eigenvalue weighted by Gasteiger charge is 2.38. The first-order valence-electron chi connectivity index (χ1n) is 10.8. The van der Waals surface area contributed by atoms with Crippen molar-refractivity contribution in [3.8, 4) is 0 Å². The number of amides is 1. The Balaban J connectivity index is 1.52. The van der Waals surface area contributed by atoms with E-state index in [1.807, 2.05) is 0 Å². The van der Waals surface area contributed by atoms with Crippen LogP contribution in [0, 0.1) is 25.7 Å². The van der Waals surface area contributed by atoms with Crippen molar-refractivity contribution in [3.05, 3.63) is 11.5 Å². The highest BCUT2D eigenvalue weighted by molar-refractivity contribution is 7.89. The zero-order valence-corrected chi connectivity index (χ0v) is 19.0. The van der Waals surface area contributed by atoms with Crippen LogP contribution in [0.3, 0.4) is 0 Å². The Morgan fingerprint density at radius 3 is 2.57 bits per heavy atom. The van der Waals surface area contributed by atoms with Gasteiger partial charge in [0.1, 0.15) is 10.6 Å². The second kappa shape index (κ2) is 10.2. The summed E-state index contributed by atoms with van der Waals surface area (Å²) in [7, 11) is -3.64. The van der Waals surface area contributed by atoms with Crippen LogP contribution in [0.1, 0.15) is 37.6 Å². The lowest BCUT2D eigenvalue weighted by Crippen LogP contribution is -2.45. The maximum Gasteiger partial charge on any atom is 0.248 e. The highest BCUT2D eigenvalue weighted by atomic mass is 32.2. The Labute approximate surface area is 179 Å². The average Bonchev–Trinajstić information content (AvgIpc) is 3.07. The number of morpholine rings is 1. The zero-order chi connectivity index (χ0) is 21.7. The minimum Gasteiger partial charge on any atom is -0.379 e. The first-order chi connectivity index (χ1) is 14.3. The molecule has 0 aromatic carbocycles. The molecule has 0 unspecified atom stereocenters. The van der Waals surface area contributed by atoms with Crippen molar-refractivity contribution in [3.63, 3.8) is 0 Å². The number of nitrogens with zero attached hydrogens (tertiary/aromatic N) is 3. The molecule has 3 heterocycles. The van der Waals surface area contributed by atoms with E-state index in [0.29, 0.717) is 43.9 Å². The van der Waals surface area contributed by atoms with Crippen LogP contribution >= 0.6 is 0 Å². The van der Waals surface area contributed by atoms with Gasteiger partial charge < -0.3 is 14.6 Å². The molecule has 0 aliphatic carbocycles. The molecule has 30 heavy (non-hydrogen) atoms. The number of hydrogen-bond acceptors (Lipinski definition) is 7. The summed E-state index contributed by atoms with van der Waals surface area (Å²) in [5.74, 6) is 0.713. The molecule has 2 fully saturated rings. The number of ether oxygens (including phenoxy) is 1. The van der Waals surface area contributed by atoms with Crippen molar-refractivity contribution >= 4 is 15.9 Å². The molecule has 1 N–H and O–H groups in total. The van der Waals surface area contributed by atoms with Crippen molar-refractivity contribution in [2.45, 2.75) is 44.9 Å². The molecule has 2 aliphatic heterocycles. The molecule has 0 radical (unpaired) electrons. The topological polar surface area (TPSA) is 105 Å². The second-order valence-corrected chi connectivity index (χ2v) is 10.1. The van der Waals surface area contributed by atoms with E-state index in [0.717, 1.165) is 39.3 Å². The number of sulfonamides is 1. The third-order valence-corrected chi connectivity index (χ3v) is 8.36. The average molecular weight is 443 g/mol. The van der Waals surface area contributed by atoms with Gasteiger partial charge in [-0.25, -0.2) is 8.42 Å². The first-order valence-corrected chi connectivity index (χ1v) is 12.3. The molecule has 9 nitrogen and oxygen atoms in total. The van der Waals surface area contributed by atoms with E-state index in [2.05, 4.69) is 22.3 Å². The van der Waals surface area contributed by atoms with Gasteiger partial charge in [-0.3, -0.25) is 9.69 Å². The van der Waals surface area contributed by atoms with E-state index in [-0.39, 0.29) is 22.6 Å². The molecule has 2 aliphatic rings. The number of hydrogen-bond donors (Lipinski definition) is 1. The van der Waals surface area contributed by atoms with Crippen molar-refractivity contribution in [1.82, 2.24) is 19.7 Å². The van der Waals surface area contributed by atoms with Gasteiger partial charge >= 0.3 is 0 Å². The van der Waals surface area contributed by atoms with Crippen molar-refractivity contribution in [2.75, 3.05) is 52.5 Å². The monoisotopic (exact) mass is 442 g/mol. The van der Waals surface area contributed by atoms with Crippen LogP contribution in [0.25, 0.3) is 0 Å². The summed E-state index contributed by atoms with van der Waals surface area (Å²) in [5.41, 5.74) is 0.391. The van der Waals surface area contributed by atoms with Crippen molar-refractivity contribution in [2.24, 2.45) is 11.8 Å². The Kier molecular flexibility index (Phi) is 7.89. The molecule has 2 atom stereocenters. The minimum atomic E-state index is -3.64. The number of piperidine rings is 1. The van der Waals surface area contributed by atoms with Crippen LogP contribution < -0.4 is 5.32 Å². The summed E-state index contributed by atoms with van der Waals surface area (Å²) in [6, 6.07) is 0. The Morgan fingerprint density at radius 1 is 1.20 bits per heavy atom. The van der Waals surface area contributed by atoms with Crippen molar-refractivity contribution in [1.29, 1.82) is 0 Å². The molecular weight excluding hydrogens is 408 g/mol. The van der Waals surface area contributed by atoms with Gasteiger partial charge in [0, 0.05) is 45.7 Å². The molecule has 0 bridgehead atoms. The third-order valence-electron chi connectivity index (χ3n) is 6.25. The fourth-order valence-electron chi connectivity index (χ4n) is 4.46. The summed E-state index contributed by atoms with van der Waals surface area (Å²) < 4.78 is 38.1. The molecule has 0 saturated carbocycles. The molecule has 1 amide bonds. The summed E-state index contributed by atoms with van der Waals surface area (Å²) in [4.78, 5) is 14.9. The second-order valence-electron chi connectivity index (χ2n) is 8.24. The lowest BCUT2D eigenvalue weighted by atomic mass is 9.82. The molecule has 1 aromatic rings. The van der Waals surface area contributed by atoms with E-state index >= 15 is 0 Å². The van der Waals surface area contributed by atoms with Crippen molar-refractivity contribution < 1.29 is 22.5 Å². The Hall–Kier alpha value is -1.49. The van der Waals surface area contributed by atoms with Gasteiger partial charge in [-0.15, -0.1) is 0 Å². The summed E-state index contributed by atoms with van der Waals surface area (Å²) >= 11 is 0. The van der Waals surface area contributed by atoms with E-state index in [9.17, 15) is 13.2 Å². The smallest absolute Gasteiger partial charge is 0.248 e. The lowest BCUT2D eigenvalue weighted by molar-refractivity contribution is -0.122. The number of nitrogens with one attached hydrogen (secondary N) is 1. The van der Waals surface area contributed by atoms with Gasteiger partial charge in [0.2, 0.25) is 15.9 Å².